The minimum Gasteiger partial charge on any atom is -0.496 e. The Labute approximate surface area is 150 Å². The third-order valence-electron chi connectivity index (χ3n) is 4.12. The topological polar surface area (TPSA) is 72.6 Å². The van der Waals surface area contributed by atoms with Gasteiger partial charge in [0.25, 0.3) is 0 Å². The summed E-state index contributed by atoms with van der Waals surface area (Å²) < 4.78 is 25.0. The lowest BCUT2D eigenvalue weighted by atomic mass is 9.91. The highest BCUT2D eigenvalue weighted by Gasteiger charge is 2.23. The summed E-state index contributed by atoms with van der Waals surface area (Å²) in [6.45, 7) is 1.93. The maximum Gasteiger partial charge on any atom is 0.304 e. The van der Waals surface area contributed by atoms with E-state index in [2.05, 4.69) is 4.98 Å². The van der Waals surface area contributed by atoms with Crippen molar-refractivity contribution in [2.45, 2.75) is 19.3 Å². The summed E-state index contributed by atoms with van der Waals surface area (Å²) >= 11 is 0. The Balaban J connectivity index is 2.13. The highest BCUT2D eigenvalue weighted by Crippen LogP contribution is 2.35. The SMILES string of the molecule is COc1ccc(C)cc1-c1cc(F)cc(C(CC(=O)O)c2ncco2)c1. The number of hydrogen-bond donors (Lipinski definition) is 1. The molecule has 5 nitrogen and oxygen atoms in total. The molecule has 0 saturated heterocycles. The molecule has 0 bridgehead atoms. The summed E-state index contributed by atoms with van der Waals surface area (Å²) in [5.74, 6) is -1.33. The van der Waals surface area contributed by atoms with Crippen molar-refractivity contribution in [3.63, 3.8) is 0 Å². The summed E-state index contributed by atoms with van der Waals surface area (Å²) in [5, 5.41) is 9.24. The first kappa shape index (κ1) is 17.7. The Morgan fingerprint density at radius 3 is 2.77 bits per heavy atom. The molecule has 2 aromatic carbocycles. The van der Waals surface area contributed by atoms with Gasteiger partial charge in [-0.3, -0.25) is 4.79 Å². The highest BCUT2D eigenvalue weighted by molar-refractivity contribution is 5.73. The van der Waals surface area contributed by atoms with E-state index in [-0.39, 0.29) is 12.3 Å². The van der Waals surface area contributed by atoms with Crippen molar-refractivity contribution >= 4 is 5.97 Å². The fourth-order valence-electron chi connectivity index (χ4n) is 2.95. The number of methoxy groups -OCH3 is 1. The minimum atomic E-state index is -1.02. The van der Waals surface area contributed by atoms with Gasteiger partial charge in [-0.05, 0) is 48.4 Å². The Bertz CT molecular complexity index is 922. The van der Waals surface area contributed by atoms with Crippen LogP contribution in [0.4, 0.5) is 4.39 Å². The Kier molecular flexibility index (Phi) is 5.02. The molecule has 0 aliphatic heterocycles. The van der Waals surface area contributed by atoms with Crippen LogP contribution in [0.5, 0.6) is 5.75 Å². The van der Waals surface area contributed by atoms with E-state index in [0.717, 1.165) is 11.1 Å². The van der Waals surface area contributed by atoms with Crippen molar-refractivity contribution in [1.29, 1.82) is 0 Å². The number of carboxylic acid groups (broad SMARTS) is 1. The van der Waals surface area contributed by atoms with Crippen LogP contribution in [0, 0.1) is 12.7 Å². The molecule has 1 unspecified atom stereocenters. The molecule has 1 aromatic heterocycles. The summed E-state index contributed by atoms with van der Waals surface area (Å²) in [5.41, 5.74) is 2.81. The summed E-state index contributed by atoms with van der Waals surface area (Å²) in [7, 11) is 1.55. The third kappa shape index (κ3) is 3.74. The molecule has 1 atom stereocenters. The van der Waals surface area contributed by atoms with E-state index >= 15 is 0 Å². The molecule has 3 aromatic rings. The maximum absolute atomic E-state index is 14.3. The Morgan fingerprint density at radius 1 is 1.31 bits per heavy atom. The zero-order chi connectivity index (χ0) is 18.7. The fraction of sp³-hybridized carbons (Fsp3) is 0.200. The number of rotatable bonds is 6. The quantitative estimate of drug-likeness (QED) is 0.709. The summed E-state index contributed by atoms with van der Waals surface area (Å²) in [6, 6.07) is 10.1. The minimum absolute atomic E-state index is 0.236. The van der Waals surface area contributed by atoms with Gasteiger partial charge >= 0.3 is 5.97 Å². The van der Waals surface area contributed by atoms with Crippen LogP contribution in [0.3, 0.4) is 0 Å². The van der Waals surface area contributed by atoms with Crippen molar-refractivity contribution in [2.24, 2.45) is 0 Å². The van der Waals surface area contributed by atoms with Gasteiger partial charge in [-0.25, -0.2) is 9.37 Å². The number of benzene rings is 2. The van der Waals surface area contributed by atoms with Gasteiger partial charge in [0, 0.05) is 5.56 Å². The third-order valence-corrected chi connectivity index (χ3v) is 4.12. The fourth-order valence-corrected chi connectivity index (χ4v) is 2.95. The van der Waals surface area contributed by atoms with Gasteiger partial charge in [0.1, 0.15) is 17.8 Å². The van der Waals surface area contributed by atoms with Crippen LogP contribution >= 0.6 is 0 Å². The van der Waals surface area contributed by atoms with Crippen molar-refractivity contribution < 1.29 is 23.4 Å². The monoisotopic (exact) mass is 355 g/mol. The second-order valence-corrected chi connectivity index (χ2v) is 6.00. The first-order valence-corrected chi connectivity index (χ1v) is 8.04. The van der Waals surface area contributed by atoms with E-state index < -0.39 is 17.7 Å². The highest BCUT2D eigenvalue weighted by atomic mass is 19.1. The Morgan fingerprint density at radius 2 is 2.12 bits per heavy atom. The molecule has 0 aliphatic carbocycles. The van der Waals surface area contributed by atoms with Gasteiger partial charge in [-0.15, -0.1) is 0 Å². The first-order chi connectivity index (χ1) is 12.5. The molecule has 0 saturated carbocycles. The molecular weight excluding hydrogens is 337 g/mol. The van der Waals surface area contributed by atoms with Gasteiger partial charge < -0.3 is 14.3 Å². The molecule has 0 aliphatic rings. The van der Waals surface area contributed by atoms with Gasteiger partial charge in [-0.2, -0.15) is 0 Å². The number of ether oxygens (including phenoxy) is 1. The molecule has 134 valence electrons. The molecular formula is C20H18FNO4. The number of aliphatic carboxylic acids is 1. The normalized spacial score (nSPS) is 12.0. The molecule has 0 fully saturated rings. The van der Waals surface area contributed by atoms with Crippen LogP contribution in [0.25, 0.3) is 11.1 Å². The second kappa shape index (κ2) is 7.39. The van der Waals surface area contributed by atoms with Crippen LogP contribution in [0.1, 0.15) is 29.4 Å². The van der Waals surface area contributed by atoms with E-state index in [1.807, 2.05) is 25.1 Å². The van der Waals surface area contributed by atoms with Crippen LogP contribution < -0.4 is 4.74 Å². The molecule has 3 rings (SSSR count). The zero-order valence-electron chi connectivity index (χ0n) is 14.4. The number of aromatic nitrogens is 1. The predicted molar refractivity (Wildman–Crippen MR) is 93.7 cm³/mol. The predicted octanol–water partition coefficient (Wildman–Crippen LogP) is 4.40. The van der Waals surface area contributed by atoms with Crippen molar-refractivity contribution in [2.75, 3.05) is 7.11 Å². The van der Waals surface area contributed by atoms with Gasteiger partial charge in [-0.1, -0.05) is 11.6 Å². The number of carboxylic acids is 1. The van der Waals surface area contributed by atoms with E-state index in [1.54, 1.807) is 13.2 Å². The standard InChI is InChI=1S/C20H18FNO4/c1-12-3-4-18(25-2)16(7-12)13-8-14(10-15(21)9-13)17(11-19(23)24)20-22-5-6-26-20/h3-10,17H,11H2,1-2H3,(H,23,24). The number of halogens is 1. The molecule has 6 heteroatoms. The number of aryl methyl sites for hydroxylation is 1. The van der Waals surface area contributed by atoms with Gasteiger partial charge in [0.05, 0.1) is 25.6 Å². The lowest BCUT2D eigenvalue weighted by molar-refractivity contribution is -0.137. The van der Waals surface area contributed by atoms with Crippen molar-refractivity contribution in [3.8, 4) is 16.9 Å². The number of hydrogen-bond acceptors (Lipinski definition) is 4. The van der Waals surface area contributed by atoms with E-state index in [9.17, 15) is 14.3 Å². The van der Waals surface area contributed by atoms with Gasteiger partial charge in [0.15, 0.2) is 0 Å². The molecule has 0 spiro atoms. The summed E-state index contributed by atoms with van der Waals surface area (Å²) in [6.07, 6.45) is 2.55. The average Bonchev–Trinajstić information content (AvgIpc) is 3.13. The van der Waals surface area contributed by atoms with Crippen LogP contribution in [0.15, 0.2) is 53.3 Å². The molecule has 26 heavy (non-hydrogen) atoms. The van der Waals surface area contributed by atoms with Crippen LogP contribution in [0.2, 0.25) is 0 Å². The van der Waals surface area contributed by atoms with Gasteiger partial charge in [0.2, 0.25) is 5.89 Å². The van der Waals surface area contributed by atoms with E-state index in [0.29, 0.717) is 16.9 Å². The van der Waals surface area contributed by atoms with Crippen molar-refractivity contribution in [3.05, 3.63) is 71.7 Å². The number of nitrogens with zero attached hydrogens (tertiary/aromatic N) is 1. The lowest BCUT2D eigenvalue weighted by Crippen LogP contribution is -2.09. The number of oxazole rings is 1. The maximum atomic E-state index is 14.3. The molecule has 1 N–H and O–H groups in total. The van der Waals surface area contributed by atoms with Crippen molar-refractivity contribution in [1.82, 2.24) is 4.98 Å². The second-order valence-electron chi connectivity index (χ2n) is 6.00. The molecule has 0 radical (unpaired) electrons. The van der Waals surface area contributed by atoms with E-state index in [4.69, 9.17) is 9.15 Å². The smallest absolute Gasteiger partial charge is 0.304 e. The zero-order valence-corrected chi connectivity index (χ0v) is 14.4. The lowest BCUT2D eigenvalue weighted by Gasteiger charge is -2.15. The Hall–Kier alpha value is -3.15. The number of carbonyl (C=O) groups is 1. The molecule has 1 heterocycles. The van der Waals surface area contributed by atoms with Crippen LogP contribution in [-0.2, 0) is 4.79 Å². The molecule has 0 amide bonds. The largest absolute Gasteiger partial charge is 0.496 e. The average molecular weight is 355 g/mol. The first-order valence-electron chi connectivity index (χ1n) is 8.04. The van der Waals surface area contributed by atoms with E-state index in [1.165, 1.54) is 24.6 Å². The summed E-state index contributed by atoms with van der Waals surface area (Å²) in [4.78, 5) is 15.3. The van der Waals surface area contributed by atoms with Crippen LogP contribution in [-0.4, -0.2) is 23.2 Å².